The first kappa shape index (κ1) is 15.4. The maximum Gasteiger partial charge on any atom is 0.0161 e. The van der Waals surface area contributed by atoms with Gasteiger partial charge in [0.25, 0.3) is 0 Å². The zero-order valence-electron chi connectivity index (χ0n) is 15.1. The highest BCUT2D eigenvalue weighted by molar-refractivity contribution is 5.79. The molecule has 0 N–H and O–H groups in total. The van der Waals surface area contributed by atoms with Crippen LogP contribution in [0, 0.1) is 17.3 Å². The fraction of sp³-hybridized carbons (Fsp3) is 0.333. The SMILES string of the molecule is CC(C)C1=CC(C(C)(C)C2c3ccccc3-c3ccccc32)C=C1. The van der Waals surface area contributed by atoms with Crippen molar-refractivity contribution < 1.29 is 0 Å². The Morgan fingerprint density at radius 3 is 1.88 bits per heavy atom. The molecule has 0 radical (unpaired) electrons. The lowest BCUT2D eigenvalue weighted by Gasteiger charge is -2.37. The topological polar surface area (TPSA) is 0 Å². The van der Waals surface area contributed by atoms with E-state index in [1.54, 1.807) is 0 Å². The largest absolute Gasteiger partial charge is 0.0768 e. The van der Waals surface area contributed by atoms with Crippen molar-refractivity contribution in [3.8, 4) is 11.1 Å². The van der Waals surface area contributed by atoms with Gasteiger partial charge in [-0.15, -0.1) is 0 Å². The summed E-state index contributed by atoms with van der Waals surface area (Å²) in [6.07, 6.45) is 7.25. The molecule has 0 spiro atoms. The number of fused-ring (bicyclic) bond motifs is 3. The Morgan fingerprint density at radius 2 is 1.38 bits per heavy atom. The zero-order chi connectivity index (χ0) is 16.9. The van der Waals surface area contributed by atoms with E-state index >= 15 is 0 Å². The molecule has 0 nitrogen and oxygen atoms in total. The molecule has 0 heteroatoms. The van der Waals surface area contributed by atoms with E-state index in [1.165, 1.54) is 27.8 Å². The molecule has 122 valence electrons. The van der Waals surface area contributed by atoms with Gasteiger partial charge in [-0.05, 0) is 39.2 Å². The van der Waals surface area contributed by atoms with Crippen LogP contribution in [-0.4, -0.2) is 0 Å². The average molecular weight is 314 g/mol. The third-order valence-corrected chi connectivity index (χ3v) is 5.97. The fourth-order valence-corrected chi connectivity index (χ4v) is 4.53. The molecular formula is C24H26. The van der Waals surface area contributed by atoms with Crippen molar-refractivity contribution in [2.75, 3.05) is 0 Å². The summed E-state index contributed by atoms with van der Waals surface area (Å²) >= 11 is 0. The molecule has 4 rings (SSSR count). The predicted octanol–water partition coefficient (Wildman–Crippen LogP) is 6.59. The highest BCUT2D eigenvalue weighted by Gasteiger charge is 2.43. The van der Waals surface area contributed by atoms with Gasteiger partial charge in [-0.3, -0.25) is 0 Å². The number of rotatable bonds is 3. The standard InChI is InChI=1S/C24H26/c1-16(2)17-13-14-18(15-17)24(3,4)23-21-11-7-5-9-19(21)20-10-6-8-12-22(20)23/h5-16,18,23H,1-4H3. The Balaban J connectivity index is 1.83. The number of benzene rings is 2. The number of allylic oxidation sites excluding steroid dienone is 4. The minimum Gasteiger partial charge on any atom is -0.0768 e. The Hall–Kier alpha value is -2.08. The molecular weight excluding hydrogens is 288 g/mol. The van der Waals surface area contributed by atoms with Gasteiger partial charge in [0.15, 0.2) is 0 Å². The van der Waals surface area contributed by atoms with Crippen LogP contribution in [0.5, 0.6) is 0 Å². The molecule has 0 bridgehead atoms. The summed E-state index contributed by atoms with van der Waals surface area (Å²) in [6.45, 7) is 9.44. The van der Waals surface area contributed by atoms with Gasteiger partial charge in [0.05, 0.1) is 0 Å². The second kappa shape index (κ2) is 5.48. The number of hydrogen-bond donors (Lipinski definition) is 0. The normalized spacial score (nSPS) is 19.5. The molecule has 24 heavy (non-hydrogen) atoms. The van der Waals surface area contributed by atoms with Crippen molar-refractivity contribution in [2.24, 2.45) is 17.3 Å². The lowest BCUT2D eigenvalue weighted by molar-refractivity contribution is 0.267. The molecule has 2 aromatic carbocycles. The molecule has 0 amide bonds. The second-order valence-electron chi connectivity index (χ2n) is 8.14. The summed E-state index contributed by atoms with van der Waals surface area (Å²) in [5.41, 5.74) is 7.44. The molecule has 0 saturated heterocycles. The summed E-state index contributed by atoms with van der Waals surface area (Å²) < 4.78 is 0. The Labute approximate surface area is 145 Å². The van der Waals surface area contributed by atoms with Crippen LogP contribution in [0.3, 0.4) is 0 Å². The van der Waals surface area contributed by atoms with E-state index in [0.717, 1.165) is 0 Å². The Bertz CT molecular complexity index is 787. The summed E-state index contributed by atoms with van der Waals surface area (Å²) in [5, 5.41) is 0. The van der Waals surface area contributed by atoms with Gasteiger partial charge in [-0.2, -0.15) is 0 Å². The minimum atomic E-state index is 0.149. The van der Waals surface area contributed by atoms with E-state index in [4.69, 9.17) is 0 Å². The Kier molecular flexibility index (Phi) is 3.53. The van der Waals surface area contributed by atoms with Gasteiger partial charge in [0.2, 0.25) is 0 Å². The van der Waals surface area contributed by atoms with Crippen molar-refractivity contribution in [1.29, 1.82) is 0 Å². The monoisotopic (exact) mass is 314 g/mol. The highest BCUT2D eigenvalue weighted by Crippen LogP contribution is 2.56. The average Bonchev–Trinajstić information content (AvgIpc) is 3.19. The van der Waals surface area contributed by atoms with Gasteiger partial charge in [-0.25, -0.2) is 0 Å². The third kappa shape index (κ3) is 2.20. The molecule has 2 aliphatic carbocycles. The van der Waals surface area contributed by atoms with Crippen molar-refractivity contribution in [3.63, 3.8) is 0 Å². The zero-order valence-corrected chi connectivity index (χ0v) is 15.1. The van der Waals surface area contributed by atoms with E-state index in [0.29, 0.717) is 17.8 Å². The van der Waals surface area contributed by atoms with Crippen molar-refractivity contribution in [3.05, 3.63) is 83.5 Å². The van der Waals surface area contributed by atoms with Crippen LogP contribution in [0.2, 0.25) is 0 Å². The van der Waals surface area contributed by atoms with Crippen LogP contribution in [0.15, 0.2) is 72.3 Å². The van der Waals surface area contributed by atoms with Crippen LogP contribution in [0.25, 0.3) is 11.1 Å². The van der Waals surface area contributed by atoms with Crippen molar-refractivity contribution in [1.82, 2.24) is 0 Å². The van der Waals surface area contributed by atoms with Crippen LogP contribution in [-0.2, 0) is 0 Å². The summed E-state index contributed by atoms with van der Waals surface area (Å²) in [7, 11) is 0. The van der Waals surface area contributed by atoms with E-state index in [-0.39, 0.29) is 5.41 Å². The molecule has 0 saturated carbocycles. The molecule has 0 aliphatic heterocycles. The third-order valence-electron chi connectivity index (χ3n) is 5.97. The van der Waals surface area contributed by atoms with E-state index < -0.39 is 0 Å². The predicted molar refractivity (Wildman–Crippen MR) is 103 cm³/mol. The van der Waals surface area contributed by atoms with E-state index in [9.17, 15) is 0 Å². The molecule has 0 fully saturated rings. The molecule has 2 aliphatic rings. The molecule has 0 heterocycles. The smallest absolute Gasteiger partial charge is 0.0161 e. The molecule has 0 aromatic heterocycles. The van der Waals surface area contributed by atoms with E-state index in [1.807, 2.05) is 0 Å². The van der Waals surface area contributed by atoms with Crippen LogP contribution >= 0.6 is 0 Å². The summed E-state index contributed by atoms with van der Waals surface area (Å²) in [5.74, 6) is 1.53. The molecule has 1 unspecified atom stereocenters. The van der Waals surface area contributed by atoms with Crippen molar-refractivity contribution in [2.45, 2.75) is 33.6 Å². The van der Waals surface area contributed by atoms with Gasteiger partial charge < -0.3 is 0 Å². The quantitative estimate of drug-likeness (QED) is 0.599. The first-order valence-electron chi connectivity index (χ1n) is 9.08. The summed E-state index contributed by atoms with van der Waals surface area (Å²) in [6, 6.07) is 17.9. The number of hydrogen-bond acceptors (Lipinski definition) is 0. The highest BCUT2D eigenvalue weighted by atomic mass is 14.5. The van der Waals surface area contributed by atoms with Crippen LogP contribution in [0.1, 0.15) is 44.7 Å². The lowest BCUT2D eigenvalue weighted by atomic mass is 9.66. The molecule has 2 aromatic rings. The molecule has 1 atom stereocenters. The second-order valence-corrected chi connectivity index (χ2v) is 8.14. The van der Waals surface area contributed by atoms with Gasteiger partial charge in [-0.1, -0.05) is 94.5 Å². The van der Waals surface area contributed by atoms with Gasteiger partial charge in [0.1, 0.15) is 0 Å². The van der Waals surface area contributed by atoms with Crippen LogP contribution < -0.4 is 0 Å². The van der Waals surface area contributed by atoms with Crippen molar-refractivity contribution >= 4 is 0 Å². The fourth-order valence-electron chi connectivity index (χ4n) is 4.53. The first-order chi connectivity index (χ1) is 11.5. The van der Waals surface area contributed by atoms with Crippen LogP contribution in [0.4, 0.5) is 0 Å². The maximum atomic E-state index is 2.49. The van der Waals surface area contributed by atoms with Gasteiger partial charge >= 0.3 is 0 Å². The first-order valence-corrected chi connectivity index (χ1v) is 9.08. The maximum absolute atomic E-state index is 2.49. The lowest BCUT2D eigenvalue weighted by Crippen LogP contribution is -2.28. The summed E-state index contributed by atoms with van der Waals surface area (Å²) in [4.78, 5) is 0. The Morgan fingerprint density at radius 1 is 0.833 bits per heavy atom. The minimum absolute atomic E-state index is 0.149. The van der Waals surface area contributed by atoms with Gasteiger partial charge in [0, 0.05) is 11.8 Å². The van der Waals surface area contributed by atoms with E-state index in [2.05, 4.69) is 94.5 Å².